The zero-order valence-corrected chi connectivity index (χ0v) is 38.5. The monoisotopic (exact) mass is 982 g/mol. The summed E-state index contributed by atoms with van der Waals surface area (Å²) in [4.78, 5) is 132. The Bertz CT molecular complexity index is 1960. The number of likely N-dealkylation sites (tertiary alicyclic amines) is 1. The van der Waals surface area contributed by atoms with Gasteiger partial charge in [-0.1, -0.05) is 26.0 Å². The number of carbonyl (C=O) groups is 10. The lowest BCUT2D eigenvalue weighted by Crippen LogP contribution is -2.62. The highest BCUT2D eigenvalue weighted by Crippen LogP contribution is 2.20. The van der Waals surface area contributed by atoms with Crippen LogP contribution in [-0.4, -0.2) is 193 Å². The first-order valence-corrected chi connectivity index (χ1v) is 22.1. The number of hydrogen-bond donors (Lipinski definition) is 16. The summed E-state index contributed by atoms with van der Waals surface area (Å²) in [6, 6.07) is -9.04. The van der Waals surface area contributed by atoms with Gasteiger partial charge in [0.15, 0.2) is 0 Å². The van der Waals surface area contributed by atoms with Crippen LogP contribution in [0.3, 0.4) is 0 Å². The van der Waals surface area contributed by atoms with Crippen molar-refractivity contribution in [2.24, 2.45) is 17.4 Å². The van der Waals surface area contributed by atoms with Gasteiger partial charge in [0, 0.05) is 13.0 Å². The van der Waals surface area contributed by atoms with Crippen molar-refractivity contribution in [1.29, 1.82) is 0 Å². The van der Waals surface area contributed by atoms with Crippen LogP contribution in [0.4, 0.5) is 0 Å². The van der Waals surface area contributed by atoms with Crippen LogP contribution in [0.1, 0.15) is 64.9 Å². The van der Waals surface area contributed by atoms with E-state index in [0.717, 1.165) is 11.8 Å². The average Bonchev–Trinajstić information content (AvgIpc) is 3.80. The maximum atomic E-state index is 13.9. The highest BCUT2D eigenvalue weighted by Gasteiger charge is 2.41. The van der Waals surface area contributed by atoms with Gasteiger partial charge in [0.25, 0.3) is 0 Å². The number of nitrogens with zero attached hydrogens (tertiary/aromatic N) is 1. The summed E-state index contributed by atoms with van der Waals surface area (Å²) in [5, 5.41) is 84.7. The standard InChI is InChI=1S/C42H66N10O17/c1-20(2)32(39(65)45-25(42(68)69)7-4-5-13-43)50-36(62)26(15-22-9-11-23(57)12-10-22)46-35(61)27(16-31(58)59)47-37(63)28(18-54)48-40(66)33(21(3)56)51-38(64)30-8-6-14-52(30)41(67)29(19-55)49-34(60)24(44)17-53/h9-12,20-21,24-30,32-33,53-57H,4-8,13-19,43-44H2,1-3H3,(H,45,65)(H,46,61)(H,47,63)(H,48,66)(H,49,60)(H,50,62)(H,51,64)(H,58,59)(H,68,69)/t21-,24+,25+,26+,27+,28+,29+,30+,32+,33+/m1/s1. The van der Waals surface area contributed by atoms with Gasteiger partial charge in [0.1, 0.15) is 60.1 Å². The summed E-state index contributed by atoms with van der Waals surface area (Å²) < 4.78 is 0. The second-order valence-corrected chi connectivity index (χ2v) is 16.7. The molecule has 69 heavy (non-hydrogen) atoms. The Balaban J connectivity index is 2.31. The Morgan fingerprint density at radius 2 is 1.20 bits per heavy atom. The summed E-state index contributed by atoms with van der Waals surface area (Å²) in [6.07, 6.45) is -1.94. The molecule has 0 saturated carbocycles. The fraction of sp³-hybridized carbons (Fsp3) is 0.619. The van der Waals surface area contributed by atoms with Crippen LogP contribution in [0.25, 0.3) is 0 Å². The van der Waals surface area contributed by atoms with E-state index < -0.39 is 152 Å². The second-order valence-electron chi connectivity index (χ2n) is 16.7. The van der Waals surface area contributed by atoms with E-state index in [4.69, 9.17) is 16.6 Å². The zero-order chi connectivity index (χ0) is 52.1. The number of unbranched alkanes of at least 4 members (excludes halogenated alkanes) is 1. The smallest absolute Gasteiger partial charge is 0.326 e. The van der Waals surface area contributed by atoms with Gasteiger partial charge in [-0.3, -0.25) is 43.2 Å². The van der Waals surface area contributed by atoms with Crippen LogP contribution in [0.15, 0.2) is 24.3 Å². The molecule has 1 heterocycles. The molecule has 10 atom stereocenters. The molecular formula is C42H66N10O17. The van der Waals surface area contributed by atoms with Gasteiger partial charge >= 0.3 is 11.9 Å². The van der Waals surface area contributed by atoms with Crippen LogP contribution in [0.2, 0.25) is 0 Å². The molecule has 0 aliphatic carbocycles. The summed E-state index contributed by atoms with van der Waals surface area (Å²) in [5.41, 5.74) is 11.3. The predicted octanol–water partition coefficient (Wildman–Crippen LogP) is -6.65. The Labute approximate surface area is 396 Å². The molecule has 1 aromatic rings. The van der Waals surface area contributed by atoms with Crippen LogP contribution >= 0.6 is 0 Å². The maximum absolute atomic E-state index is 13.9. The van der Waals surface area contributed by atoms with E-state index >= 15 is 0 Å². The fourth-order valence-electron chi connectivity index (χ4n) is 6.97. The number of carboxylic acids is 2. The number of benzene rings is 1. The average molecular weight is 983 g/mol. The van der Waals surface area contributed by atoms with Crippen molar-refractivity contribution in [3.8, 4) is 5.75 Å². The molecule has 8 amide bonds. The third-order valence-corrected chi connectivity index (χ3v) is 10.9. The molecule has 18 N–H and O–H groups in total. The van der Waals surface area contributed by atoms with Crippen molar-refractivity contribution >= 4 is 59.2 Å². The summed E-state index contributed by atoms with van der Waals surface area (Å²) in [7, 11) is 0. The van der Waals surface area contributed by atoms with Gasteiger partial charge in [0.05, 0.1) is 32.3 Å². The topological polar surface area (TPSA) is 452 Å². The number of amides is 8. The molecule has 27 nitrogen and oxygen atoms in total. The number of aliphatic hydroxyl groups excluding tert-OH is 4. The molecule has 386 valence electrons. The van der Waals surface area contributed by atoms with Crippen molar-refractivity contribution in [2.75, 3.05) is 32.9 Å². The van der Waals surface area contributed by atoms with Gasteiger partial charge in [-0.2, -0.15) is 0 Å². The third kappa shape index (κ3) is 18.5. The minimum Gasteiger partial charge on any atom is -0.508 e. The first-order chi connectivity index (χ1) is 32.5. The molecular weight excluding hydrogens is 917 g/mol. The lowest BCUT2D eigenvalue weighted by molar-refractivity contribution is -0.144. The van der Waals surface area contributed by atoms with Gasteiger partial charge in [-0.15, -0.1) is 0 Å². The predicted molar refractivity (Wildman–Crippen MR) is 239 cm³/mol. The molecule has 0 unspecified atom stereocenters. The number of phenols is 1. The van der Waals surface area contributed by atoms with Crippen molar-refractivity contribution in [3.05, 3.63) is 29.8 Å². The Morgan fingerprint density at radius 3 is 1.74 bits per heavy atom. The van der Waals surface area contributed by atoms with Crippen LogP contribution < -0.4 is 48.7 Å². The molecule has 0 bridgehead atoms. The van der Waals surface area contributed by atoms with Gasteiger partial charge in [-0.05, 0) is 69.2 Å². The van der Waals surface area contributed by atoms with E-state index in [1.165, 1.54) is 24.3 Å². The number of hydrogen-bond acceptors (Lipinski definition) is 17. The molecule has 1 aromatic carbocycles. The summed E-state index contributed by atoms with van der Waals surface area (Å²) >= 11 is 0. The normalized spacial score (nSPS) is 17.3. The molecule has 1 aliphatic heterocycles. The number of aromatic hydroxyl groups is 1. The maximum Gasteiger partial charge on any atom is 0.326 e. The van der Waals surface area contributed by atoms with E-state index in [9.17, 15) is 78.6 Å². The minimum atomic E-state index is -2.00. The number of carboxylic acid groups (broad SMARTS) is 2. The Morgan fingerprint density at radius 1 is 0.667 bits per heavy atom. The molecule has 0 radical (unpaired) electrons. The molecule has 0 aromatic heterocycles. The van der Waals surface area contributed by atoms with Crippen molar-refractivity contribution in [3.63, 3.8) is 0 Å². The number of aliphatic hydroxyl groups is 4. The highest BCUT2D eigenvalue weighted by atomic mass is 16.4. The highest BCUT2D eigenvalue weighted by molar-refractivity contribution is 5.99. The molecule has 27 heteroatoms. The van der Waals surface area contributed by atoms with Crippen LogP contribution in [-0.2, 0) is 54.4 Å². The lowest BCUT2D eigenvalue weighted by atomic mass is 9.99. The van der Waals surface area contributed by atoms with E-state index in [0.29, 0.717) is 18.4 Å². The van der Waals surface area contributed by atoms with E-state index in [1.54, 1.807) is 13.8 Å². The first kappa shape index (κ1) is 58.6. The zero-order valence-electron chi connectivity index (χ0n) is 38.5. The van der Waals surface area contributed by atoms with Crippen molar-refractivity contribution in [2.45, 2.75) is 126 Å². The van der Waals surface area contributed by atoms with Gasteiger partial charge < -0.3 is 89.3 Å². The molecule has 1 fully saturated rings. The number of rotatable bonds is 29. The molecule has 0 spiro atoms. The van der Waals surface area contributed by atoms with Gasteiger partial charge in [-0.25, -0.2) is 4.79 Å². The number of nitrogens with one attached hydrogen (secondary N) is 7. The largest absolute Gasteiger partial charge is 0.508 e. The van der Waals surface area contributed by atoms with E-state index in [2.05, 4.69) is 37.2 Å². The number of phenolic OH excluding ortho intramolecular Hbond substituents is 1. The second kappa shape index (κ2) is 28.7. The minimum absolute atomic E-state index is 0.0260. The molecule has 1 aliphatic rings. The number of aliphatic carboxylic acids is 2. The van der Waals surface area contributed by atoms with Gasteiger partial charge in [0.2, 0.25) is 47.3 Å². The van der Waals surface area contributed by atoms with Crippen LogP contribution in [0.5, 0.6) is 5.75 Å². The molecule has 1 saturated heterocycles. The van der Waals surface area contributed by atoms with Crippen molar-refractivity contribution in [1.82, 2.24) is 42.1 Å². The van der Waals surface area contributed by atoms with E-state index in [-0.39, 0.29) is 44.5 Å². The lowest BCUT2D eigenvalue weighted by Gasteiger charge is -2.30. The quantitative estimate of drug-likeness (QED) is 0.0332. The van der Waals surface area contributed by atoms with Crippen LogP contribution in [0, 0.1) is 5.92 Å². The Kier molecular flexibility index (Phi) is 24.4. The summed E-state index contributed by atoms with van der Waals surface area (Å²) in [5.74, 6) is -12.3. The number of nitrogens with two attached hydrogens (primary N) is 2. The third-order valence-electron chi connectivity index (χ3n) is 10.9. The Hall–Kier alpha value is -6.52. The fourth-order valence-corrected chi connectivity index (χ4v) is 6.97. The van der Waals surface area contributed by atoms with Crippen molar-refractivity contribution < 1.29 is 83.7 Å². The molecule has 2 rings (SSSR count). The first-order valence-electron chi connectivity index (χ1n) is 22.1. The van der Waals surface area contributed by atoms with E-state index in [1.807, 2.05) is 0 Å². The summed E-state index contributed by atoms with van der Waals surface area (Å²) in [6.45, 7) is 1.60. The number of carbonyl (C=O) groups excluding carboxylic acids is 8. The SMILES string of the molecule is CC(C)[C@H](NC(=O)[C@H](Cc1ccc(O)cc1)NC(=O)[C@H](CC(=O)O)NC(=O)[C@H](CO)NC(=O)[C@@H](NC(=O)[C@@H]1CCCN1C(=O)[C@H](CO)NC(=O)[C@@H](N)CO)[C@@H](C)O)C(=O)N[C@@H](CCCCN)C(=O)O.